The highest BCUT2D eigenvalue weighted by Crippen LogP contribution is 2.48. The molecule has 40 heavy (non-hydrogen) atoms. The summed E-state index contributed by atoms with van der Waals surface area (Å²) in [7, 11) is 1.56. The van der Waals surface area contributed by atoms with E-state index < -0.39 is 24.0 Å². The van der Waals surface area contributed by atoms with Crippen molar-refractivity contribution in [1.82, 2.24) is 0 Å². The number of Topliss-reactive ketones (excluding diaryl/α,β-unsaturated/α-hetero) is 1. The molecule has 2 heterocycles. The predicted molar refractivity (Wildman–Crippen MR) is 150 cm³/mol. The lowest BCUT2D eigenvalue weighted by Crippen LogP contribution is -2.23. The molecule has 214 valence electrons. The fraction of sp³-hybridized carbons (Fsp3) is 0.469. The van der Waals surface area contributed by atoms with Gasteiger partial charge in [-0.05, 0) is 67.9 Å². The van der Waals surface area contributed by atoms with E-state index >= 15 is 0 Å². The first-order valence-corrected chi connectivity index (χ1v) is 14.0. The second-order valence-corrected chi connectivity index (χ2v) is 10.9. The van der Waals surface area contributed by atoms with Gasteiger partial charge in [-0.3, -0.25) is 9.59 Å². The van der Waals surface area contributed by atoms with Gasteiger partial charge in [0.1, 0.15) is 22.8 Å². The molecular weight excluding hydrogens is 512 g/mol. The fourth-order valence-electron chi connectivity index (χ4n) is 5.08. The number of carbonyl (C=O) groups excluding carboxylic acids is 3. The van der Waals surface area contributed by atoms with Crippen molar-refractivity contribution in [3.05, 3.63) is 52.6 Å². The summed E-state index contributed by atoms with van der Waals surface area (Å²) in [5, 5.41) is 11.6. The Balaban J connectivity index is 1.80. The number of ketones is 1. The molecule has 0 unspecified atom stereocenters. The van der Waals surface area contributed by atoms with Crippen molar-refractivity contribution in [1.29, 1.82) is 0 Å². The van der Waals surface area contributed by atoms with Crippen LogP contribution in [0.5, 0.6) is 23.0 Å². The van der Waals surface area contributed by atoms with Crippen LogP contribution in [-0.2, 0) is 14.3 Å². The van der Waals surface area contributed by atoms with Crippen LogP contribution in [0.2, 0.25) is 0 Å². The number of esters is 2. The summed E-state index contributed by atoms with van der Waals surface area (Å²) >= 11 is 0. The molecule has 2 aliphatic rings. The number of cyclic esters (lactones) is 1. The third-order valence-electron chi connectivity index (χ3n) is 7.14. The van der Waals surface area contributed by atoms with Crippen molar-refractivity contribution in [3.8, 4) is 23.0 Å². The highest BCUT2D eigenvalue weighted by atomic mass is 16.5. The number of fused-ring (bicyclic) bond motifs is 2. The molecule has 2 aromatic carbocycles. The van der Waals surface area contributed by atoms with Crippen molar-refractivity contribution in [2.24, 2.45) is 5.92 Å². The average molecular weight is 551 g/mol. The Hall–Kier alpha value is -3.81. The first-order chi connectivity index (χ1) is 19.2. The lowest BCUT2D eigenvalue weighted by Gasteiger charge is -2.28. The van der Waals surface area contributed by atoms with E-state index in [4.69, 9.17) is 18.9 Å². The molecule has 0 bridgehead atoms. The van der Waals surface area contributed by atoms with Crippen LogP contribution in [0.3, 0.4) is 0 Å². The fourth-order valence-corrected chi connectivity index (χ4v) is 5.08. The second-order valence-electron chi connectivity index (χ2n) is 10.9. The summed E-state index contributed by atoms with van der Waals surface area (Å²) in [6.07, 6.45) is 6.53. The van der Waals surface area contributed by atoms with Crippen LogP contribution in [0.25, 0.3) is 6.08 Å². The molecule has 0 amide bonds. The zero-order chi connectivity index (χ0) is 28.8. The standard InChI is InChI=1S/C32H38O8/c1-19(2)18-38-26-15-21(13-14-25(26)37-4)24-17-28(34)40-27-16-22-10-6-5-7-11-23(33)12-8-9-20(3)39-32(36)29(22)31(35)30(24)27/h6,10,13-16,19-20,24,35H,5,7-9,11-12,17-18H2,1-4H3/t20-,24+/m1/s1. The van der Waals surface area contributed by atoms with Crippen molar-refractivity contribution in [2.75, 3.05) is 13.7 Å². The van der Waals surface area contributed by atoms with Crippen LogP contribution in [-0.4, -0.2) is 42.6 Å². The minimum Gasteiger partial charge on any atom is -0.507 e. The Morgan fingerprint density at radius 3 is 2.60 bits per heavy atom. The summed E-state index contributed by atoms with van der Waals surface area (Å²) in [6.45, 7) is 6.34. The van der Waals surface area contributed by atoms with Crippen LogP contribution in [0.15, 0.2) is 30.3 Å². The molecule has 8 nitrogen and oxygen atoms in total. The Morgan fingerprint density at radius 1 is 1.07 bits per heavy atom. The number of hydrogen-bond donors (Lipinski definition) is 1. The van der Waals surface area contributed by atoms with E-state index in [1.807, 2.05) is 26.0 Å². The van der Waals surface area contributed by atoms with Gasteiger partial charge < -0.3 is 24.1 Å². The molecule has 0 saturated carbocycles. The minimum atomic E-state index is -0.665. The zero-order valence-corrected chi connectivity index (χ0v) is 23.7. The molecule has 2 aromatic rings. The van der Waals surface area contributed by atoms with Gasteiger partial charge >= 0.3 is 11.9 Å². The van der Waals surface area contributed by atoms with Gasteiger partial charge in [0.25, 0.3) is 0 Å². The summed E-state index contributed by atoms with van der Waals surface area (Å²) < 4.78 is 22.7. The summed E-state index contributed by atoms with van der Waals surface area (Å²) in [5.74, 6) is -0.192. The van der Waals surface area contributed by atoms with Crippen LogP contribution in [0.1, 0.15) is 98.7 Å². The van der Waals surface area contributed by atoms with Gasteiger partial charge in [-0.1, -0.05) is 32.1 Å². The molecule has 0 radical (unpaired) electrons. The summed E-state index contributed by atoms with van der Waals surface area (Å²) in [6, 6.07) is 7.00. The molecule has 0 aromatic heterocycles. The molecular formula is C32H38O8. The van der Waals surface area contributed by atoms with E-state index in [1.54, 1.807) is 38.3 Å². The molecule has 0 fully saturated rings. The van der Waals surface area contributed by atoms with Gasteiger partial charge in [-0.2, -0.15) is 0 Å². The van der Waals surface area contributed by atoms with Gasteiger partial charge in [0.05, 0.1) is 26.2 Å². The van der Waals surface area contributed by atoms with Gasteiger partial charge in [-0.15, -0.1) is 0 Å². The smallest absolute Gasteiger partial charge is 0.342 e. The number of ether oxygens (including phenoxy) is 4. The Kier molecular flexibility index (Phi) is 9.50. The third kappa shape index (κ3) is 6.84. The van der Waals surface area contributed by atoms with E-state index in [-0.39, 0.29) is 29.3 Å². The van der Waals surface area contributed by atoms with Crippen molar-refractivity contribution in [2.45, 2.75) is 77.7 Å². The van der Waals surface area contributed by atoms with Crippen molar-refractivity contribution in [3.63, 3.8) is 0 Å². The minimum absolute atomic E-state index is 0.0232. The lowest BCUT2D eigenvalue weighted by molar-refractivity contribution is -0.135. The lowest BCUT2D eigenvalue weighted by atomic mass is 9.83. The van der Waals surface area contributed by atoms with E-state index in [0.29, 0.717) is 73.7 Å². The molecule has 8 heteroatoms. The first-order valence-electron chi connectivity index (χ1n) is 14.0. The molecule has 2 atom stereocenters. The highest BCUT2D eigenvalue weighted by Gasteiger charge is 2.36. The van der Waals surface area contributed by atoms with Crippen LogP contribution >= 0.6 is 0 Å². The number of aromatic hydroxyl groups is 1. The first kappa shape index (κ1) is 29.2. The molecule has 1 N–H and O–H groups in total. The average Bonchev–Trinajstić information content (AvgIpc) is 2.90. The van der Waals surface area contributed by atoms with Gasteiger partial charge in [-0.25, -0.2) is 4.79 Å². The Morgan fingerprint density at radius 2 is 1.85 bits per heavy atom. The number of benzene rings is 2. The topological polar surface area (TPSA) is 108 Å². The normalized spacial score (nSPS) is 20.2. The second kappa shape index (κ2) is 13.0. The van der Waals surface area contributed by atoms with E-state index in [0.717, 1.165) is 5.56 Å². The number of hydrogen-bond acceptors (Lipinski definition) is 8. The van der Waals surface area contributed by atoms with Gasteiger partial charge in [0, 0.05) is 24.3 Å². The number of rotatable bonds is 5. The van der Waals surface area contributed by atoms with Crippen LogP contribution in [0.4, 0.5) is 0 Å². The summed E-state index contributed by atoms with van der Waals surface area (Å²) in [5.41, 5.74) is 1.49. The summed E-state index contributed by atoms with van der Waals surface area (Å²) in [4.78, 5) is 38.3. The van der Waals surface area contributed by atoms with Gasteiger partial charge in [0.15, 0.2) is 11.5 Å². The van der Waals surface area contributed by atoms with E-state index in [1.165, 1.54) is 0 Å². The van der Waals surface area contributed by atoms with Crippen molar-refractivity contribution < 1.29 is 38.4 Å². The van der Waals surface area contributed by atoms with E-state index in [2.05, 4.69) is 0 Å². The number of carbonyl (C=O) groups is 3. The molecule has 2 aliphatic heterocycles. The molecule has 0 spiro atoms. The van der Waals surface area contributed by atoms with E-state index in [9.17, 15) is 19.5 Å². The maximum atomic E-state index is 13.4. The molecule has 0 saturated heterocycles. The zero-order valence-electron chi connectivity index (χ0n) is 23.7. The van der Waals surface area contributed by atoms with Crippen LogP contribution in [0, 0.1) is 5.92 Å². The number of methoxy groups -OCH3 is 1. The van der Waals surface area contributed by atoms with Gasteiger partial charge in [0.2, 0.25) is 0 Å². The van der Waals surface area contributed by atoms with Crippen molar-refractivity contribution >= 4 is 23.8 Å². The molecule has 0 aliphatic carbocycles. The maximum Gasteiger partial charge on any atom is 0.342 e. The highest BCUT2D eigenvalue weighted by molar-refractivity contribution is 5.98. The monoisotopic (exact) mass is 550 g/mol. The number of phenols is 1. The predicted octanol–water partition coefficient (Wildman–Crippen LogP) is 6.36. The maximum absolute atomic E-state index is 13.4. The third-order valence-corrected chi connectivity index (χ3v) is 7.14. The van der Waals surface area contributed by atoms with Crippen LogP contribution < -0.4 is 14.2 Å². The SMILES string of the molecule is COc1ccc([C@@H]2CC(=O)Oc3cc4c(c(O)c32)C(=O)O[C@H](C)CCCC(=O)CCCC=C4)cc1OCC(C)C. The Bertz CT molecular complexity index is 1290. The largest absolute Gasteiger partial charge is 0.507 e. The Labute approximate surface area is 235 Å². The number of allylic oxidation sites excluding steroid dienone is 1. The molecule has 4 rings (SSSR count). The number of phenolic OH excluding ortho intramolecular Hbond substituents is 1. The quantitative estimate of drug-likeness (QED) is 0.339.